The second kappa shape index (κ2) is 10.5. The number of H-pyrrole nitrogens is 1. The van der Waals surface area contributed by atoms with Crippen LogP contribution in [0.4, 0.5) is 15.8 Å². The Balaban J connectivity index is 1.30. The molecule has 5 aromatic rings. The number of fused-ring (bicyclic) bond motifs is 1. The van der Waals surface area contributed by atoms with Crippen LogP contribution >= 0.6 is 0 Å². The van der Waals surface area contributed by atoms with Gasteiger partial charge in [-0.15, -0.1) is 0 Å². The SMILES string of the molecule is CN(C(=O)c1cnccc1N)c1ccc(Cc2nc3c([nH]2)c(=O)n(Cc2ccccc2F)c(=O)n3CC2CC2)cc1. The summed E-state index contributed by atoms with van der Waals surface area (Å²) < 4.78 is 17.0. The number of carbonyl (C=O) groups is 1. The second-order valence-electron chi connectivity index (χ2n) is 10.4. The molecule has 2 aromatic carbocycles. The van der Waals surface area contributed by atoms with Gasteiger partial charge in [0, 0.05) is 49.3 Å². The second-order valence-corrected chi connectivity index (χ2v) is 10.4. The fraction of sp³-hybridized carbons (Fsp3) is 0.233. The van der Waals surface area contributed by atoms with Crippen LogP contribution in [0, 0.1) is 11.7 Å². The molecule has 41 heavy (non-hydrogen) atoms. The number of aromatic amines is 1. The number of pyridine rings is 1. The molecule has 0 radical (unpaired) electrons. The van der Waals surface area contributed by atoms with E-state index < -0.39 is 17.1 Å². The summed E-state index contributed by atoms with van der Waals surface area (Å²) in [7, 11) is 1.66. The predicted molar refractivity (Wildman–Crippen MR) is 153 cm³/mol. The van der Waals surface area contributed by atoms with Crippen LogP contribution in [0.1, 0.15) is 40.2 Å². The van der Waals surface area contributed by atoms with E-state index in [1.807, 2.05) is 24.3 Å². The van der Waals surface area contributed by atoms with Crippen molar-refractivity contribution in [1.82, 2.24) is 24.1 Å². The van der Waals surface area contributed by atoms with Crippen molar-refractivity contribution in [3.8, 4) is 0 Å². The molecule has 0 unspecified atom stereocenters. The highest BCUT2D eigenvalue weighted by Gasteiger charge is 2.26. The number of hydrogen-bond acceptors (Lipinski definition) is 6. The van der Waals surface area contributed by atoms with Crippen LogP contribution in [-0.2, 0) is 19.5 Å². The molecule has 0 spiro atoms. The molecule has 6 rings (SSSR count). The Morgan fingerprint density at radius 2 is 1.85 bits per heavy atom. The van der Waals surface area contributed by atoms with E-state index in [0.29, 0.717) is 47.3 Å². The van der Waals surface area contributed by atoms with E-state index in [1.54, 1.807) is 31.3 Å². The summed E-state index contributed by atoms with van der Waals surface area (Å²) in [4.78, 5) is 53.0. The molecular formula is C30H28FN7O3. The van der Waals surface area contributed by atoms with E-state index in [-0.39, 0.29) is 23.5 Å². The van der Waals surface area contributed by atoms with E-state index >= 15 is 0 Å². The molecular weight excluding hydrogens is 525 g/mol. The van der Waals surface area contributed by atoms with Crippen molar-refractivity contribution in [1.29, 1.82) is 0 Å². The van der Waals surface area contributed by atoms with Crippen LogP contribution < -0.4 is 21.9 Å². The third kappa shape index (κ3) is 5.13. The molecule has 0 saturated heterocycles. The summed E-state index contributed by atoms with van der Waals surface area (Å²) in [6.45, 7) is 0.283. The van der Waals surface area contributed by atoms with Crippen molar-refractivity contribution in [3.63, 3.8) is 0 Å². The van der Waals surface area contributed by atoms with Crippen LogP contribution in [0.5, 0.6) is 0 Å². The Morgan fingerprint density at radius 1 is 1.10 bits per heavy atom. The zero-order valence-electron chi connectivity index (χ0n) is 22.4. The quantitative estimate of drug-likeness (QED) is 0.303. The van der Waals surface area contributed by atoms with Crippen LogP contribution in [0.2, 0.25) is 0 Å². The molecule has 1 saturated carbocycles. The number of aromatic nitrogens is 5. The first-order chi connectivity index (χ1) is 19.8. The lowest BCUT2D eigenvalue weighted by Gasteiger charge is -2.18. The summed E-state index contributed by atoms with van der Waals surface area (Å²) >= 11 is 0. The number of carbonyl (C=O) groups excluding carboxylic acids is 1. The largest absolute Gasteiger partial charge is 0.398 e. The number of nitrogen functional groups attached to an aromatic ring is 1. The minimum Gasteiger partial charge on any atom is -0.398 e. The Bertz CT molecular complexity index is 1890. The van der Waals surface area contributed by atoms with Gasteiger partial charge in [-0.2, -0.15) is 0 Å². The summed E-state index contributed by atoms with van der Waals surface area (Å²) in [6, 6.07) is 15.1. The third-order valence-corrected chi connectivity index (χ3v) is 7.42. The topological polar surface area (TPSA) is 132 Å². The van der Waals surface area contributed by atoms with Crippen LogP contribution in [-0.4, -0.2) is 37.0 Å². The van der Waals surface area contributed by atoms with Crippen LogP contribution in [0.15, 0.2) is 76.6 Å². The number of nitrogens with two attached hydrogens (primary N) is 1. The third-order valence-electron chi connectivity index (χ3n) is 7.42. The molecule has 11 heteroatoms. The number of hydrogen-bond donors (Lipinski definition) is 2. The molecule has 10 nitrogen and oxygen atoms in total. The molecule has 208 valence electrons. The lowest BCUT2D eigenvalue weighted by molar-refractivity contribution is 0.0993. The minimum absolute atomic E-state index is 0.169. The zero-order valence-corrected chi connectivity index (χ0v) is 22.4. The number of nitrogens with one attached hydrogen (secondary N) is 1. The Hall–Kier alpha value is -5.06. The average molecular weight is 554 g/mol. The van der Waals surface area contributed by atoms with E-state index in [2.05, 4.69) is 15.0 Å². The molecule has 0 atom stereocenters. The van der Waals surface area contributed by atoms with Gasteiger partial charge in [0.2, 0.25) is 0 Å². The van der Waals surface area contributed by atoms with E-state index in [9.17, 15) is 18.8 Å². The predicted octanol–water partition coefficient (Wildman–Crippen LogP) is 3.33. The van der Waals surface area contributed by atoms with Gasteiger partial charge in [-0.3, -0.25) is 23.7 Å². The maximum atomic E-state index is 14.4. The monoisotopic (exact) mass is 553 g/mol. The van der Waals surface area contributed by atoms with Gasteiger partial charge in [0.25, 0.3) is 11.5 Å². The lowest BCUT2D eigenvalue weighted by Crippen LogP contribution is -2.40. The zero-order chi connectivity index (χ0) is 28.7. The van der Waals surface area contributed by atoms with Crippen molar-refractivity contribution in [2.45, 2.75) is 32.4 Å². The van der Waals surface area contributed by atoms with Crippen molar-refractivity contribution < 1.29 is 9.18 Å². The lowest BCUT2D eigenvalue weighted by atomic mass is 10.1. The molecule has 1 aliphatic carbocycles. The first-order valence-corrected chi connectivity index (χ1v) is 13.3. The Kier molecular flexibility index (Phi) is 6.70. The number of anilines is 2. The highest BCUT2D eigenvalue weighted by atomic mass is 19.1. The molecule has 3 heterocycles. The summed E-state index contributed by atoms with van der Waals surface area (Å²) in [6.07, 6.45) is 5.36. The molecule has 0 aliphatic heterocycles. The average Bonchev–Trinajstić information content (AvgIpc) is 3.71. The number of amides is 1. The van der Waals surface area contributed by atoms with Crippen molar-refractivity contribution >= 4 is 28.4 Å². The molecule has 3 aromatic heterocycles. The minimum atomic E-state index is -0.538. The maximum absolute atomic E-state index is 14.4. The smallest absolute Gasteiger partial charge is 0.333 e. The summed E-state index contributed by atoms with van der Waals surface area (Å²) in [5.74, 6) is 0.119. The molecule has 1 amide bonds. The fourth-order valence-electron chi connectivity index (χ4n) is 4.87. The first-order valence-electron chi connectivity index (χ1n) is 13.3. The molecule has 1 aliphatic rings. The Morgan fingerprint density at radius 3 is 2.56 bits per heavy atom. The van der Waals surface area contributed by atoms with E-state index in [4.69, 9.17) is 5.73 Å². The summed E-state index contributed by atoms with van der Waals surface area (Å²) in [5, 5.41) is 0. The van der Waals surface area contributed by atoms with E-state index in [1.165, 1.54) is 27.9 Å². The van der Waals surface area contributed by atoms with E-state index in [0.717, 1.165) is 23.0 Å². The summed E-state index contributed by atoms with van der Waals surface area (Å²) in [5.41, 5.74) is 7.91. The molecule has 0 bridgehead atoms. The number of imidazole rings is 1. The van der Waals surface area contributed by atoms with Crippen LogP contribution in [0.3, 0.4) is 0 Å². The van der Waals surface area contributed by atoms with Crippen molar-refractivity contribution in [2.75, 3.05) is 17.7 Å². The standard InChI is InChI=1S/C30H28FN7O3/c1-36(28(39)22-15-33-13-12-24(22)32)21-10-8-18(9-11-21)14-25-34-26-27(35-25)37(16-19-6-7-19)30(41)38(29(26)40)17-20-4-2-3-5-23(20)31/h2-5,8-13,15,19H,6-7,14,16-17H2,1H3,(H2,32,33)(H,34,35). The van der Waals surface area contributed by atoms with Crippen molar-refractivity contribution in [2.24, 2.45) is 5.92 Å². The molecule has 3 N–H and O–H groups in total. The van der Waals surface area contributed by atoms with Gasteiger partial charge in [0.1, 0.15) is 17.2 Å². The number of benzene rings is 2. The van der Waals surface area contributed by atoms with Crippen LogP contribution in [0.25, 0.3) is 11.2 Å². The van der Waals surface area contributed by atoms with Gasteiger partial charge >= 0.3 is 5.69 Å². The number of rotatable bonds is 8. The van der Waals surface area contributed by atoms with Gasteiger partial charge in [-0.05, 0) is 48.6 Å². The highest BCUT2D eigenvalue weighted by molar-refractivity contribution is 6.08. The van der Waals surface area contributed by atoms with Gasteiger partial charge < -0.3 is 15.6 Å². The number of nitrogens with zero attached hydrogens (tertiary/aromatic N) is 5. The number of halogens is 1. The Labute approximate surface area is 233 Å². The van der Waals surface area contributed by atoms with Gasteiger partial charge in [0.15, 0.2) is 5.65 Å². The van der Waals surface area contributed by atoms with Gasteiger partial charge in [0.05, 0.1) is 12.1 Å². The fourth-order valence-corrected chi connectivity index (χ4v) is 4.87. The van der Waals surface area contributed by atoms with Gasteiger partial charge in [-0.25, -0.2) is 14.2 Å². The van der Waals surface area contributed by atoms with Crippen molar-refractivity contribution in [3.05, 3.63) is 116 Å². The highest BCUT2D eigenvalue weighted by Crippen LogP contribution is 2.30. The van der Waals surface area contributed by atoms with Gasteiger partial charge in [-0.1, -0.05) is 30.3 Å². The maximum Gasteiger partial charge on any atom is 0.333 e. The normalized spacial score (nSPS) is 13.0. The molecule has 1 fully saturated rings. The first kappa shape index (κ1) is 26.2.